The number of aromatic nitrogens is 3. The smallest absolute Gasteiger partial charge is 0.334 e. The SMILES string of the molecule is O=[N+]([O-])c1c(Nc2ccccc2C(F)(F)F)ncnc1Nc1ncc(C(F)(F)F)cc1Cl. The van der Waals surface area contributed by atoms with E-state index in [1.165, 1.54) is 6.07 Å². The van der Waals surface area contributed by atoms with Crippen LogP contribution in [0, 0.1) is 10.1 Å². The molecular formula is C17H9ClF6N6O2. The molecule has 15 heteroatoms. The van der Waals surface area contributed by atoms with Gasteiger partial charge in [0.2, 0.25) is 11.6 Å². The van der Waals surface area contributed by atoms with Gasteiger partial charge in [-0.25, -0.2) is 15.0 Å². The highest BCUT2D eigenvalue weighted by Gasteiger charge is 2.35. The number of anilines is 4. The first-order valence-corrected chi connectivity index (χ1v) is 8.68. The molecule has 3 aromatic rings. The first-order chi connectivity index (χ1) is 14.9. The zero-order valence-corrected chi connectivity index (χ0v) is 16.0. The summed E-state index contributed by atoms with van der Waals surface area (Å²) in [7, 11) is 0. The van der Waals surface area contributed by atoms with Crippen LogP contribution in [0.2, 0.25) is 5.02 Å². The van der Waals surface area contributed by atoms with Crippen LogP contribution >= 0.6 is 11.6 Å². The molecule has 3 rings (SSSR count). The maximum Gasteiger partial charge on any atom is 0.418 e. The third kappa shape index (κ3) is 4.96. The largest absolute Gasteiger partial charge is 0.418 e. The number of nitrogens with one attached hydrogen (secondary N) is 2. The van der Waals surface area contributed by atoms with Gasteiger partial charge in [0.25, 0.3) is 0 Å². The van der Waals surface area contributed by atoms with E-state index in [2.05, 4.69) is 25.6 Å². The molecule has 0 unspecified atom stereocenters. The zero-order valence-electron chi connectivity index (χ0n) is 15.3. The molecule has 2 heterocycles. The Kier molecular flexibility index (Phi) is 6.07. The Morgan fingerprint density at radius 2 is 1.53 bits per heavy atom. The molecule has 0 fully saturated rings. The molecule has 0 aliphatic heterocycles. The molecule has 0 bridgehead atoms. The summed E-state index contributed by atoms with van der Waals surface area (Å²) in [5.74, 6) is -1.57. The van der Waals surface area contributed by atoms with Crippen molar-refractivity contribution in [2.45, 2.75) is 12.4 Å². The van der Waals surface area contributed by atoms with Gasteiger partial charge in [-0.1, -0.05) is 23.7 Å². The van der Waals surface area contributed by atoms with Crippen molar-refractivity contribution >= 4 is 40.4 Å². The second kappa shape index (κ2) is 8.45. The summed E-state index contributed by atoms with van der Waals surface area (Å²) in [5.41, 5.74) is -3.66. The minimum absolute atomic E-state index is 0.400. The molecule has 0 amide bonds. The van der Waals surface area contributed by atoms with Crippen LogP contribution < -0.4 is 10.6 Å². The Labute approximate surface area is 179 Å². The van der Waals surface area contributed by atoms with E-state index in [0.29, 0.717) is 12.3 Å². The van der Waals surface area contributed by atoms with Gasteiger partial charge in [-0.15, -0.1) is 0 Å². The summed E-state index contributed by atoms with van der Waals surface area (Å²) >= 11 is 5.78. The van der Waals surface area contributed by atoms with E-state index in [9.17, 15) is 36.5 Å². The summed E-state index contributed by atoms with van der Waals surface area (Å²) < 4.78 is 77.9. The summed E-state index contributed by atoms with van der Waals surface area (Å²) in [6.45, 7) is 0. The maximum atomic E-state index is 13.2. The number of halogens is 7. The molecule has 0 saturated heterocycles. The Bertz CT molecular complexity index is 1170. The monoisotopic (exact) mass is 478 g/mol. The molecule has 168 valence electrons. The highest BCUT2D eigenvalue weighted by molar-refractivity contribution is 6.33. The summed E-state index contributed by atoms with van der Waals surface area (Å²) in [5, 5.41) is 15.6. The molecule has 2 aromatic heterocycles. The number of pyridine rings is 1. The molecule has 0 atom stereocenters. The number of para-hydroxylation sites is 1. The van der Waals surface area contributed by atoms with Crippen molar-refractivity contribution in [2.24, 2.45) is 0 Å². The average Bonchev–Trinajstić information content (AvgIpc) is 2.68. The number of nitro groups is 1. The zero-order chi connectivity index (χ0) is 23.7. The second-order valence-corrected chi connectivity index (χ2v) is 6.43. The van der Waals surface area contributed by atoms with Crippen LogP contribution in [0.5, 0.6) is 0 Å². The van der Waals surface area contributed by atoms with Crippen LogP contribution in [-0.4, -0.2) is 19.9 Å². The minimum Gasteiger partial charge on any atom is -0.334 e. The fourth-order valence-corrected chi connectivity index (χ4v) is 2.71. The molecule has 0 aliphatic carbocycles. The van der Waals surface area contributed by atoms with Crippen molar-refractivity contribution in [1.82, 2.24) is 15.0 Å². The lowest BCUT2D eigenvalue weighted by atomic mass is 10.1. The van der Waals surface area contributed by atoms with Gasteiger partial charge in [-0.05, 0) is 18.2 Å². The second-order valence-electron chi connectivity index (χ2n) is 6.02. The van der Waals surface area contributed by atoms with Gasteiger partial charge in [-0.2, -0.15) is 26.3 Å². The molecular weight excluding hydrogens is 470 g/mol. The van der Waals surface area contributed by atoms with E-state index in [1.54, 1.807) is 0 Å². The van der Waals surface area contributed by atoms with E-state index in [0.717, 1.165) is 24.5 Å². The van der Waals surface area contributed by atoms with Gasteiger partial charge in [0.15, 0.2) is 5.82 Å². The third-order valence-electron chi connectivity index (χ3n) is 3.90. The van der Waals surface area contributed by atoms with Crippen molar-refractivity contribution in [1.29, 1.82) is 0 Å². The Hall–Kier alpha value is -3.68. The van der Waals surface area contributed by atoms with Crippen LogP contribution in [0.1, 0.15) is 11.1 Å². The van der Waals surface area contributed by atoms with Crippen molar-refractivity contribution in [3.63, 3.8) is 0 Å². The Morgan fingerprint density at radius 1 is 0.906 bits per heavy atom. The summed E-state index contributed by atoms with van der Waals surface area (Å²) in [6, 6.07) is 4.75. The van der Waals surface area contributed by atoms with Crippen LogP contribution in [0.3, 0.4) is 0 Å². The number of benzene rings is 1. The Balaban J connectivity index is 2.01. The quantitative estimate of drug-likeness (QED) is 0.265. The van der Waals surface area contributed by atoms with Gasteiger partial charge in [-0.3, -0.25) is 10.1 Å². The number of nitrogens with zero attached hydrogens (tertiary/aromatic N) is 4. The number of hydrogen-bond donors (Lipinski definition) is 2. The topological polar surface area (TPSA) is 106 Å². The number of rotatable bonds is 5. The van der Waals surface area contributed by atoms with E-state index >= 15 is 0 Å². The van der Waals surface area contributed by atoms with E-state index in [-0.39, 0.29) is 0 Å². The molecule has 0 saturated carbocycles. The van der Waals surface area contributed by atoms with Gasteiger partial charge in [0.05, 0.1) is 26.8 Å². The summed E-state index contributed by atoms with van der Waals surface area (Å²) in [6.07, 6.45) is -8.24. The van der Waals surface area contributed by atoms with Crippen molar-refractivity contribution in [2.75, 3.05) is 10.6 Å². The number of hydrogen-bond acceptors (Lipinski definition) is 7. The van der Waals surface area contributed by atoms with Gasteiger partial charge < -0.3 is 10.6 Å². The predicted octanol–water partition coefficient (Wildman–Crippen LogP) is 5.96. The normalized spacial score (nSPS) is 11.8. The van der Waals surface area contributed by atoms with Gasteiger partial charge >= 0.3 is 18.0 Å². The maximum absolute atomic E-state index is 13.2. The molecule has 32 heavy (non-hydrogen) atoms. The molecule has 1 aromatic carbocycles. The van der Waals surface area contributed by atoms with E-state index in [4.69, 9.17) is 11.6 Å². The standard InChI is InChI=1S/C17H9ClF6N6O2/c18-10-5-8(16(19,20)21)6-25-13(10)29-15-12(30(31)32)14(26-7-27-15)28-11-4-2-1-3-9(11)17(22,23)24/h1-7H,(H2,25,26,27,28,29). The molecule has 8 nitrogen and oxygen atoms in total. The molecule has 0 aliphatic rings. The van der Waals surface area contributed by atoms with Crippen LogP contribution in [-0.2, 0) is 12.4 Å². The van der Waals surface area contributed by atoms with Crippen molar-refractivity contribution < 1.29 is 31.3 Å². The fraction of sp³-hybridized carbons (Fsp3) is 0.118. The first kappa shape index (κ1) is 23.0. The number of alkyl halides is 6. The average molecular weight is 479 g/mol. The van der Waals surface area contributed by atoms with E-state index < -0.39 is 62.3 Å². The van der Waals surface area contributed by atoms with Crippen molar-refractivity contribution in [3.8, 4) is 0 Å². The van der Waals surface area contributed by atoms with Gasteiger partial charge in [0, 0.05) is 6.20 Å². The fourth-order valence-electron chi connectivity index (χ4n) is 2.50. The molecule has 0 spiro atoms. The third-order valence-corrected chi connectivity index (χ3v) is 4.18. The summed E-state index contributed by atoms with van der Waals surface area (Å²) in [4.78, 5) is 21.3. The lowest BCUT2D eigenvalue weighted by molar-refractivity contribution is -0.383. The highest BCUT2D eigenvalue weighted by atomic mass is 35.5. The van der Waals surface area contributed by atoms with E-state index in [1.807, 2.05) is 0 Å². The van der Waals surface area contributed by atoms with Crippen LogP contribution in [0.4, 0.5) is 55.2 Å². The van der Waals surface area contributed by atoms with Crippen LogP contribution in [0.15, 0.2) is 42.9 Å². The molecule has 0 radical (unpaired) electrons. The predicted molar refractivity (Wildman–Crippen MR) is 101 cm³/mol. The lowest BCUT2D eigenvalue weighted by Gasteiger charge is -2.15. The minimum atomic E-state index is -4.76. The first-order valence-electron chi connectivity index (χ1n) is 8.30. The van der Waals surface area contributed by atoms with Crippen LogP contribution in [0.25, 0.3) is 0 Å². The van der Waals surface area contributed by atoms with Gasteiger partial charge in [0.1, 0.15) is 6.33 Å². The van der Waals surface area contributed by atoms with Crippen molar-refractivity contribution in [3.05, 3.63) is 69.1 Å². The lowest BCUT2D eigenvalue weighted by Crippen LogP contribution is -2.11. The highest BCUT2D eigenvalue weighted by Crippen LogP contribution is 2.39. The molecule has 2 N–H and O–H groups in total. The Morgan fingerprint density at radius 3 is 2.09 bits per heavy atom.